The maximum absolute atomic E-state index is 12.3. The van der Waals surface area contributed by atoms with Gasteiger partial charge in [0.15, 0.2) is 0 Å². The van der Waals surface area contributed by atoms with E-state index in [-0.39, 0.29) is 5.91 Å². The fourth-order valence-corrected chi connectivity index (χ4v) is 3.61. The fraction of sp³-hybridized carbons (Fsp3) is 0.500. The van der Waals surface area contributed by atoms with Crippen molar-refractivity contribution in [3.63, 3.8) is 0 Å². The van der Waals surface area contributed by atoms with Gasteiger partial charge in [-0.25, -0.2) is 0 Å². The summed E-state index contributed by atoms with van der Waals surface area (Å²) >= 11 is 1.40. The second-order valence-corrected chi connectivity index (χ2v) is 6.84. The first-order valence-electron chi connectivity index (χ1n) is 7.92. The number of hydrogen-bond donors (Lipinski definition) is 0. The molecule has 2 heterocycles. The summed E-state index contributed by atoms with van der Waals surface area (Å²) in [4.78, 5) is 14.2. The van der Waals surface area contributed by atoms with Gasteiger partial charge >= 0.3 is 0 Å². The zero-order valence-electron chi connectivity index (χ0n) is 13.5. The van der Waals surface area contributed by atoms with Gasteiger partial charge in [0, 0.05) is 13.1 Å². The molecule has 0 radical (unpaired) electrons. The minimum atomic E-state index is 0.171. The van der Waals surface area contributed by atoms with Gasteiger partial charge in [-0.1, -0.05) is 29.5 Å². The molecular weight excluding hydrogens is 310 g/mol. The number of rotatable bonds is 4. The average Bonchev–Trinajstić information content (AvgIpc) is 3.01. The van der Waals surface area contributed by atoms with Crippen LogP contribution in [0.5, 0.6) is 0 Å². The van der Waals surface area contributed by atoms with Crippen LogP contribution in [0, 0.1) is 13.8 Å². The lowest BCUT2D eigenvalue weighted by atomic mass is 10.1. The molecule has 1 aliphatic heterocycles. The number of aryl methyl sites for hydroxylation is 2. The first-order chi connectivity index (χ1) is 11.1. The van der Waals surface area contributed by atoms with Gasteiger partial charge in [-0.05, 0) is 55.2 Å². The van der Waals surface area contributed by atoms with Crippen molar-refractivity contribution in [3.05, 3.63) is 29.3 Å². The average molecular weight is 331 g/mol. The normalized spacial score (nSPS) is 15.0. The summed E-state index contributed by atoms with van der Waals surface area (Å²) in [6, 6.07) is 6.15. The molecule has 0 aliphatic carbocycles. The molecule has 1 fully saturated rings. The third-order valence-corrected chi connectivity index (χ3v) is 4.96. The number of amides is 1. The van der Waals surface area contributed by atoms with E-state index in [1.165, 1.54) is 23.7 Å². The molecule has 7 heteroatoms. The lowest BCUT2D eigenvalue weighted by molar-refractivity contribution is -0.129. The Morgan fingerprint density at radius 1 is 1.22 bits per heavy atom. The van der Waals surface area contributed by atoms with E-state index >= 15 is 0 Å². The van der Waals surface area contributed by atoms with Crippen molar-refractivity contribution in [1.82, 2.24) is 25.1 Å². The Bertz CT molecular complexity index is 694. The van der Waals surface area contributed by atoms with E-state index in [1.54, 1.807) is 4.68 Å². The zero-order valence-corrected chi connectivity index (χ0v) is 14.3. The highest BCUT2D eigenvalue weighted by Crippen LogP contribution is 2.22. The van der Waals surface area contributed by atoms with E-state index in [2.05, 4.69) is 28.5 Å². The lowest BCUT2D eigenvalue weighted by Crippen LogP contribution is -2.36. The molecule has 0 N–H and O–H groups in total. The summed E-state index contributed by atoms with van der Waals surface area (Å²) in [5, 5.41) is 12.6. The van der Waals surface area contributed by atoms with Crippen molar-refractivity contribution in [2.45, 2.75) is 38.3 Å². The van der Waals surface area contributed by atoms with Crippen molar-refractivity contribution in [2.75, 3.05) is 18.8 Å². The highest BCUT2D eigenvalue weighted by atomic mass is 32.2. The van der Waals surface area contributed by atoms with E-state index in [9.17, 15) is 4.79 Å². The number of piperidine rings is 1. The number of tetrazole rings is 1. The maximum atomic E-state index is 12.3. The van der Waals surface area contributed by atoms with Crippen molar-refractivity contribution < 1.29 is 4.79 Å². The predicted octanol–water partition coefficient (Wildman–Crippen LogP) is 2.38. The second-order valence-electron chi connectivity index (χ2n) is 5.89. The summed E-state index contributed by atoms with van der Waals surface area (Å²) in [6.07, 6.45) is 3.44. The summed E-state index contributed by atoms with van der Waals surface area (Å²) in [6.45, 7) is 5.85. The van der Waals surface area contributed by atoms with Gasteiger partial charge in [0.25, 0.3) is 0 Å². The van der Waals surface area contributed by atoms with Crippen molar-refractivity contribution in [1.29, 1.82) is 0 Å². The van der Waals surface area contributed by atoms with Crippen LogP contribution in [-0.2, 0) is 4.79 Å². The number of benzene rings is 1. The summed E-state index contributed by atoms with van der Waals surface area (Å²) in [7, 11) is 0. The number of thioether (sulfide) groups is 1. The Balaban J connectivity index is 1.70. The molecule has 1 aromatic carbocycles. The van der Waals surface area contributed by atoms with Crippen LogP contribution >= 0.6 is 11.8 Å². The number of carbonyl (C=O) groups excluding carboxylic acids is 1. The van der Waals surface area contributed by atoms with Crippen molar-refractivity contribution in [2.24, 2.45) is 0 Å². The van der Waals surface area contributed by atoms with Gasteiger partial charge in [0.1, 0.15) is 0 Å². The molecular formula is C16H21N5OS. The smallest absolute Gasteiger partial charge is 0.233 e. The Hall–Kier alpha value is -1.89. The fourth-order valence-electron chi connectivity index (χ4n) is 2.82. The Labute approximate surface area is 140 Å². The molecule has 1 aromatic heterocycles. The molecule has 122 valence electrons. The highest BCUT2D eigenvalue weighted by molar-refractivity contribution is 7.99. The standard InChI is InChI=1S/C16H21N5OS/c1-12-6-7-14(13(2)10-12)21-16(17-18-19-21)23-11-15(22)20-8-4-3-5-9-20/h6-7,10H,3-5,8-9,11H2,1-2H3. The Morgan fingerprint density at radius 2 is 2.00 bits per heavy atom. The molecule has 0 atom stereocenters. The maximum Gasteiger partial charge on any atom is 0.233 e. The van der Waals surface area contributed by atoms with Gasteiger partial charge in [0.2, 0.25) is 11.1 Å². The number of aromatic nitrogens is 4. The molecule has 0 unspecified atom stereocenters. The van der Waals surface area contributed by atoms with Crippen LogP contribution in [0.1, 0.15) is 30.4 Å². The molecule has 1 aliphatic rings. The molecule has 2 aromatic rings. The van der Waals surface area contributed by atoms with E-state index in [1.807, 2.05) is 24.0 Å². The quantitative estimate of drug-likeness (QED) is 0.805. The van der Waals surface area contributed by atoms with E-state index < -0.39 is 0 Å². The van der Waals surface area contributed by atoms with Gasteiger partial charge in [0.05, 0.1) is 11.4 Å². The predicted molar refractivity (Wildman–Crippen MR) is 89.8 cm³/mol. The topological polar surface area (TPSA) is 63.9 Å². The monoisotopic (exact) mass is 331 g/mol. The third kappa shape index (κ3) is 3.72. The molecule has 0 bridgehead atoms. The molecule has 6 nitrogen and oxygen atoms in total. The minimum absolute atomic E-state index is 0.171. The SMILES string of the molecule is Cc1ccc(-n2nnnc2SCC(=O)N2CCCCC2)c(C)c1. The molecule has 0 spiro atoms. The van der Waals surface area contributed by atoms with Gasteiger partial charge in [-0.15, -0.1) is 5.10 Å². The molecule has 0 saturated carbocycles. The molecule has 1 saturated heterocycles. The Morgan fingerprint density at radius 3 is 2.74 bits per heavy atom. The highest BCUT2D eigenvalue weighted by Gasteiger charge is 2.18. The summed E-state index contributed by atoms with van der Waals surface area (Å²) < 4.78 is 1.71. The van der Waals surface area contributed by atoms with Crippen LogP contribution in [-0.4, -0.2) is 49.9 Å². The molecule has 1 amide bonds. The van der Waals surface area contributed by atoms with Gasteiger partial charge in [-0.2, -0.15) is 4.68 Å². The number of carbonyl (C=O) groups is 1. The van der Waals surface area contributed by atoms with Crippen LogP contribution in [0.3, 0.4) is 0 Å². The lowest BCUT2D eigenvalue weighted by Gasteiger charge is -2.26. The molecule has 23 heavy (non-hydrogen) atoms. The van der Waals surface area contributed by atoms with Crippen LogP contribution in [0.4, 0.5) is 0 Å². The van der Waals surface area contributed by atoms with Gasteiger partial charge in [-0.3, -0.25) is 4.79 Å². The summed E-state index contributed by atoms with van der Waals surface area (Å²) in [5.41, 5.74) is 3.27. The third-order valence-electron chi connectivity index (χ3n) is 4.05. The van der Waals surface area contributed by atoms with E-state index in [0.717, 1.165) is 37.2 Å². The number of hydrogen-bond acceptors (Lipinski definition) is 5. The summed E-state index contributed by atoms with van der Waals surface area (Å²) in [5.74, 6) is 0.551. The van der Waals surface area contributed by atoms with Crippen molar-refractivity contribution in [3.8, 4) is 5.69 Å². The number of nitrogens with zero attached hydrogens (tertiary/aromatic N) is 5. The van der Waals surface area contributed by atoms with Crippen LogP contribution in [0.15, 0.2) is 23.4 Å². The molecule has 3 rings (SSSR count). The van der Waals surface area contributed by atoms with Crippen molar-refractivity contribution >= 4 is 17.7 Å². The first kappa shape index (κ1) is 16.0. The van der Waals surface area contributed by atoms with E-state index in [4.69, 9.17) is 0 Å². The number of likely N-dealkylation sites (tertiary alicyclic amines) is 1. The first-order valence-corrected chi connectivity index (χ1v) is 8.90. The Kier molecular flexibility index (Phi) is 4.95. The minimum Gasteiger partial charge on any atom is -0.342 e. The zero-order chi connectivity index (χ0) is 16.2. The van der Waals surface area contributed by atoms with Crippen LogP contribution in [0.2, 0.25) is 0 Å². The second kappa shape index (κ2) is 7.12. The van der Waals surface area contributed by atoms with E-state index in [0.29, 0.717) is 10.9 Å². The van der Waals surface area contributed by atoms with Gasteiger partial charge < -0.3 is 4.90 Å². The largest absolute Gasteiger partial charge is 0.342 e. The van der Waals surface area contributed by atoms with Crippen LogP contribution < -0.4 is 0 Å². The van der Waals surface area contributed by atoms with Crippen LogP contribution in [0.25, 0.3) is 5.69 Å².